The van der Waals surface area contributed by atoms with E-state index in [9.17, 15) is 4.39 Å². The molecule has 1 unspecified atom stereocenters. The highest BCUT2D eigenvalue weighted by molar-refractivity contribution is 6.32. The zero-order valence-electron chi connectivity index (χ0n) is 11.0. The van der Waals surface area contributed by atoms with Gasteiger partial charge < -0.3 is 10.1 Å². The minimum atomic E-state index is -0.367. The lowest BCUT2D eigenvalue weighted by Crippen LogP contribution is -2.19. The van der Waals surface area contributed by atoms with Gasteiger partial charge in [0.05, 0.1) is 18.3 Å². The first-order chi connectivity index (χ1) is 8.69. The third-order valence-electron chi connectivity index (χ3n) is 2.69. The molecule has 102 valence electrons. The molecule has 1 N–H and O–H groups in total. The molecule has 0 aliphatic rings. The van der Waals surface area contributed by atoms with E-state index in [0.29, 0.717) is 23.8 Å². The van der Waals surface area contributed by atoms with Crippen LogP contribution < -0.4 is 10.1 Å². The second-order valence-electron chi connectivity index (χ2n) is 4.26. The van der Waals surface area contributed by atoms with Gasteiger partial charge in [-0.25, -0.2) is 0 Å². The van der Waals surface area contributed by atoms with E-state index in [1.54, 1.807) is 0 Å². The Hall–Kier alpha value is -0.800. The Bertz CT molecular complexity index is 360. The third-order valence-corrected chi connectivity index (χ3v) is 2.99. The topological polar surface area (TPSA) is 21.3 Å². The standard InChI is InChI=1S/C14H21ClFNO/c1-3-8-17-11(2)12-5-6-14(13(15)10-12)18-9-4-7-16/h5-6,10-11,17H,3-4,7-9H2,1-2H3. The van der Waals surface area contributed by atoms with E-state index in [-0.39, 0.29) is 12.7 Å². The zero-order chi connectivity index (χ0) is 13.4. The van der Waals surface area contributed by atoms with Gasteiger partial charge in [-0.3, -0.25) is 4.39 Å². The third kappa shape index (κ3) is 4.83. The summed E-state index contributed by atoms with van der Waals surface area (Å²) in [4.78, 5) is 0. The number of rotatable bonds is 8. The Kier molecular flexibility index (Phi) is 7.06. The molecule has 0 aromatic heterocycles. The van der Waals surface area contributed by atoms with Crippen LogP contribution in [0.15, 0.2) is 18.2 Å². The Morgan fingerprint density at radius 1 is 1.44 bits per heavy atom. The van der Waals surface area contributed by atoms with E-state index in [4.69, 9.17) is 16.3 Å². The van der Waals surface area contributed by atoms with Crippen molar-refractivity contribution in [3.8, 4) is 5.75 Å². The number of benzene rings is 1. The number of alkyl halides is 1. The summed E-state index contributed by atoms with van der Waals surface area (Å²) in [5.41, 5.74) is 1.13. The monoisotopic (exact) mass is 273 g/mol. The molecule has 18 heavy (non-hydrogen) atoms. The number of nitrogens with one attached hydrogen (secondary N) is 1. The molecule has 4 heteroatoms. The fraction of sp³-hybridized carbons (Fsp3) is 0.571. The minimum absolute atomic E-state index is 0.266. The molecular weight excluding hydrogens is 253 g/mol. The van der Waals surface area contributed by atoms with E-state index in [1.807, 2.05) is 18.2 Å². The highest BCUT2D eigenvalue weighted by atomic mass is 35.5. The highest BCUT2D eigenvalue weighted by Gasteiger charge is 2.08. The highest BCUT2D eigenvalue weighted by Crippen LogP contribution is 2.28. The molecule has 0 saturated carbocycles. The predicted octanol–water partition coefficient (Wildman–Crippen LogP) is 4.14. The van der Waals surface area contributed by atoms with Gasteiger partial charge in [0.15, 0.2) is 0 Å². The summed E-state index contributed by atoms with van der Waals surface area (Å²) in [5.74, 6) is 0.622. The maximum atomic E-state index is 12.0. The van der Waals surface area contributed by atoms with Crippen LogP contribution in [0.2, 0.25) is 5.02 Å². The summed E-state index contributed by atoms with van der Waals surface area (Å²) in [5, 5.41) is 3.98. The van der Waals surface area contributed by atoms with E-state index >= 15 is 0 Å². The molecule has 1 rings (SSSR count). The predicted molar refractivity (Wildman–Crippen MR) is 74.2 cm³/mol. The summed E-state index contributed by atoms with van der Waals surface area (Å²) < 4.78 is 17.4. The SMILES string of the molecule is CCCNC(C)c1ccc(OCCCF)c(Cl)c1. The quantitative estimate of drug-likeness (QED) is 0.719. The van der Waals surface area contributed by atoms with Gasteiger partial charge in [0, 0.05) is 12.5 Å². The molecule has 0 aliphatic heterocycles. The van der Waals surface area contributed by atoms with Crippen LogP contribution in [-0.4, -0.2) is 19.8 Å². The van der Waals surface area contributed by atoms with Gasteiger partial charge in [-0.15, -0.1) is 0 Å². The first-order valence-electron chi connectivity index (χ1n) is 6.40. The zero-order valence-corrected chi connectivity index (χ0v) is 11.8. The number of ether oxygens (including phenoxy) is 1. The van der Waals surface area contributed by atoms with Crippen LogP contribution in [0.3, 0.4) is 0 Å². The lowest BCUT2D eigenvalue weighted by atomic mass is 10.1. The maximum absolute atomic E-state index is 12.0. The molecule has 1 aromatic carbocycles. The molecule has 0 spiro atoms. The smallest absolute Gasteiger partial charge is 0.137 e. The van der Waals surface area contributed by atoms with Crippen LogP contribution in [0.5, 0.6) is 5.75 Å². The van der Waals surface area contributed by atoms with Crippen molar-refractivity contribution in [3.63, 3.8) is 0 Å². The first-order valence-corrected chi connectivity index (χ1v) is 6.78. The Balaban J connectivity index is 2.60. The van der Waals surface area contributed by atoms with Crippen molar-refractivity contribution >= 4 is 11.6 Å². The van der Waals surface area contributed by atoms with E-state index in [0.717, 1.165) is 18.5 Å². The fourth-order valence-electron chi connectivity index (χ4n) is 1.62. The van der Waals surface area contributed by atoms with Crippen molar-refractivity contribution in [2.75, 3.05) is 19.8 Å². The van der Waals surface area contributed by atoms with E-state index < -0.39 is 0 Å². The fourth-order valence-corrected chi connectivity index (χ4v) is 1.86. The molecule has 0 radical (unpaired) electrons. The molecule has 1 atom stereocenters. The van der Waals surface area contributed by atoms with Crippen LogP contribution >= 0.6 is 11.6 Å². The number of halogens is 2. The van der Waals surface area contributed by atoms with Crippen LogP contribution in [0.1, 0.15) is 38.3 Å². The Labute approximate surface area is 113 Å². The average Bonchev–Trinajstić information content (AvgIpc) is 2.38. The first kappa shape index (κ1) is 15.3. The van der Waals surface area contributed by atoms with Gasteiger partial charge in [-0.2, -0.15) is 0 Å². The molecule has 1 aromatic rings. The summed E-state index contributed by atoms with van der Waals surface area (Å²) in [6, 6.07) is 6.01. The summed E-state index contributed by atoms with van der Waals surface area (Å²) in [6.45, 7) is 5.21. The number of hydrogen-bond donors (Lipinski definition) is 1. The van der Waals surface area contributed by atoms with Crippen molar-refractivity contribution in [2.24, 2.45) is 0 Å². The van der Waals surface area contributed by atoms with Crippen LogP contribution in [0, 0.1) is 0 Å². The van der Waals surface area contributed by atoms with Crippen molar-refractivity contribution < 1.29 is 9.13 Å². The van der Waals surface area contributed by atoms with Crippen LogP contribution in [0.25, 0.3) is 0 Å². The van der Waals surface area contributed by atoms with Crippen molar-refractivity contribution in [2.45, 2.75) is 32.7 Å². The maximum Gasteiger partial charge on any atom is 0.137 e. The van der Waals surface area contributed by atoms with Gasteiger partial charge in [-0.05, 0) is 37.6 Å². The molecule has 0 saturated heterocycles. The average molecular weight is 274 g/mol. The van der Waals surface area contributed by atoms with Gasteiger partial charge in [-0.1, -0.05) is 24.6 Å². The van der Waals surface area contributed by atoms with Crippen molar-refractivity contribution in [1.29, 1.82) is 0 Å². The second-order valence-corrected chi connectivity index (χ2v) is 4.66. The molecule has 0 aliphatic carbocycles. The van der Waals surface area contributed by atoms with Gasteiger partial charge in [0.25, 0.3) is 0 Å². The molecule has 0 bridgehead atoms. The van der Waals surface area contributed by atoms with E-state index in [2.05, 4.69) is 19.2 Å². The summed E-state index contributed by atoms with van der Waals surface area (Å²) in [6.07, 6.45) is 1.50. The molecule has 2 nitrogen and oxygen atoms in total. The van der Waals surface area contributed by atoms with Crippen LogP contribution in [0.4, 0.5) is 4.39 Å². The van der Waals surface area contributed by atoms with Crippen LogP contribution in [-0.2, 0) is 0 Å². The Morgan fingerprint density at radius 2 is 2.22 bits per heavy atom. The Morgan fingerprint density at radius 3 is 2.83 bits per heavy atom. The molecule has 0 heterocycles. The summed E-state index contributed by atoms with van der Waals surface area (Å²) in [7, 11) is 0. The largest absolute Gasteiger partial charge is 0.492 e. The lowest BCUT2D eigenvalue weighted by Gasteiger charge is -2.15. The van der Waals surface area contributed by atoms with Crippen molar-refractivity contribution in [1.82, 2.24) is 5.32 Å². The number of hydrogen-bond acceptors (Lipinski definition) is 2. The molecule has 0 fully saturated rings. The lowest BCUT2D eigenvalue weighted by molar-refractivity contribution is 0.289. The van der Waals surface area contributed by atoms with Gasteiger partial charge in [0.1, 0.15) is 5.75 Å². The summed E-state index contributed by atoms with van der Waals surface area (Å²) >= 11 is 6.14. The van der Waals surface area contributed by atoms with Gasteiger partial charge >= 0.3 is 0 Å². The van der Waals surface area contributed by atoms with Gasteiger partial charge in [0.2, 0.25) is 0 Å². The van der Waals surface area contributed by atoms with E-state index in [1.165, 1.54) is 0 Å². The normalized spacial score (nSPS) is 12.4. The molecular formula is C14H21ClFNO. The second kappa shape index (κ2) is 8.33. The molecule has 0 amide bonds. The van der Waals surface area contributed by atoms with Crippen molar-refractivity contribution in [3.05, 3.63) is 28.8 Å². The minimum Gasteiger partial charge on any atom is -0.492 e.